The highest BCUT2D eigenvalue weighted by atomic mass is 16.5. The minimum Gasteiger partial charge on any atom is -0.396 e. The van der Waals surface area contributed by atoms with Crippen LogP contribution in [0.25, 0.3) is 0 Å². The fourth-order valence-electron chi connectivity index (χ4n) is 4.96. The van der Waals surface area contributed by atoms with E-state index in [0.717, 1.165) is 0 Å². The predicted octanol–water partition coefficient (Wildman–Crippen LogP) is -0.595. The van der Waals surface area contributed by atoms with Crippen LogP contribution in [-0.2, 0) is 14.3 Å². The van der Waals surface area contributed by atoms with Crippen LogP contribution < -0.4 is 5.32 Å². The fourth-order valence-corrected chi connectivity index (χ4v) is 4.96. The first-order valence-corrected chi connectivity index (χ1v) is 8.50. The summed E-state index contributed by atoms with van der Waals surface area (Å²) in [7, 11) is 3.60. The normalized spacial score (nSPS) is 38.8. The number of fused-ring (bicyclic) bond motifs is 4. The van der Waals surface area contributed by atoms with Gasteiger partial charge in [-0.2, -0.15) is 0 Å². The third kappa shape index (κ3) is 1.75. The summed E-state index contributed by atoms with van der Waals surface area (Å²) in [6.45, 7) is 6.09. The number of aliphatic hydroxyl groups excluding tert-OH is 1. The second-order valence-electron chi connectivity index (χ2n) is 7.07. The summed E-state index contributed by atoms with van der Waals surface area (Å²) >= 11 is 0. The summed E-state index contributed by atoms with van der Waals surface area (Å²) in [5, 5.41) is 13.1. The fraction of sp³-hybridized carbons (Fsp3) is 0.556. The summed E-state index contributed by atoms with van der Waals surface area (Å²) < 4.78 is 5.91. The molecular weight excluding hydrogens is 322 g/mol. The second kappa shape index (κ2) is 5.27. The van der Waals surface area contributed by atoms with E-state index in [9.17, 15) is 14.7 Å². The van der Waals surface area contributed by atoms with Crippen molar-refractivity contribution in [2.24, 2.45) is 5.92 Å². The van der Waals surface area contributed by atoms with Gasteiger partial charge in [0.15, 0.2) is 5.72 Å². The number of hydrogen-bond acceptors (Lipinski definition) is 7. The van der Waals surface area contributed by atoms with Gasteiger partial charge in [0.25, 0.3) is 0 Å². The first kappa shape index (κ1) is 16.5. The predicted molar refractivity (Wildman–Crippen MR) is 90.3 cm³/mol. The van der Waals surface area contributed by atoms with Gasteiger partial charge in [-0.25, -0.2) is 0 Å². The lowest BCUT2D eigenvalue weighted by molar-refractivity contribution is -0.144. The molecule has 134 valence electrons. The standard InChI is InChI=1S/C18H23N3O4/c1-5-6-19-13-9(2)15(23)14-12(16(13)24)10(8-22)18(25-4)17-11(20(17)3)7-21(14)18/h5,10-11,17,19,22H,1,6-8H2,2-4H3. The minimum absolute atomic E-state index is 0.0748. The van der Waals surface area contributed by atoms with E-state index in [1.54, 1.807) is 20.1 Å². The van der Waals surface area contributed by atoms with Crippen LogP contribution in [0.2, 0.25) is 0 Å². The molecule has 5 unspecified atom stereocenters. The zero-order chi connectivity index (χ0) is 18.1. The van der Waals surface area contributed by atoms with E-state index in [1.165, 1.54) is 0 Å². The van der Waals surface area contributed by atoms with Crippen LogP contribution in [0.4, 0.5) is 0 Å². The Morgan fingerprint density at radius 1 is 1.44 bits per heavy atom. The van der Waals surface area contributed by atoms with Crippen molar-refractivity contribution >= 4 is 11.6 Å². The molecule has 0 amide bonds. The zero-order valence-electron chi connectivity index (χ0n) is 14.7. The smallest absolute Gasteiger partial charge is 0.208 e. The van der Waals surface area contributed by atoms with Crippen molar-refractivity contribution in [3.05, 3.63) is 35.2 Å². The van der Waals surface area contributed by atoms with Crippen molar-refractivity contribution in [2.45, 2.75) is 24.7 Å². The highest BCUT2D eigenvalue weighted by molar-refractivity contribution is 6.25. The zero-order valence-corrected chi connectivity index (χ0v) is 14.7. The Bertz CT molecular complexity index is 755. The van der Waals surface area contributed by atoms with Crippen molar-refractivity contribution in [2.75, 3.05) is 33.9 Å². The molecule has 0 saturated carbocycles. The number of methoxy groups -OCH3 is 1. The molecule has 2 saturated heterocycles. The van der Waals surface area contributed by atoms with Gasteiger partial charge in [0.2, 0.25) is 11.6 Å². The van der Waals surface area contributed by atoms with Crippen LogP contribution in [0.1, 0.15) is 6.92 Å². The van der Waals surface area contributed by atoms with Gasteiger partial charge in [-0.3, -0.25) is 14.5 Å². The number of piperazine rings is 1. The molecule has 2 fully saturated rings. The average Bonchev–Trinajstić information content (AvgIpc) is 3.00. The van der Waals surface area contributed by atoms with Crippen LogP contribution in [0.3, 0.4) is 0 Å². The lowest BCUT2D eigenvalue weighted by Gasteiger charge is -2.40. The number of allylic oxidation sites excluding steroid dienone is 2. The van der Waals surface area contributed by atoms with Gasteiger partial charge in [-0.15, -0.1) is 6.58 Å². The summed E-state index contributed by atoms with van der Waals surface area (Å²) in [6, 6.07) is 0.362. The van der Waals surface area contributed by atoms with E-state index in [1.807, 2.05) is 11.9 Å². The average molecular weight is 345 g/mol. The number of aliphatic hydroxyl groups is 1. The third-order valence-electron chi connectivity index (χ3n) is 6.16. The van der Waals surface area contributed by atoms with Crippen molar-refractivity contribution in [3.63, 3.8) is 0 Å². The second-order valence-corrected chi connectivity index (χ2v) is 7.07. The number of Topliss-reactive ketones (excluding diaryl/α,β-unsaturated/α-hetero) is 2. The van der Waals surface area contributed by atoms with Crippen LogP contribution in [0.5, 0.6) is 0 Å². The van der Waals surface area contributed by atoms with Crippen LogP contribution in [-0.4, -0.2) is 78.1 Å². The number of rotatable bonds is 5. The summed E-state index contributed by atoms with van der Waals surface area (Å²) in [5.74, 6) is -0.932. The Kier molecular flexibility index (Phi) is 3.48. The number of nitrogens with one attached hydrogen (secondary N) is 1. The highest BCUT2D eigenvalue weighted by Crippen LogP contribution is 2.58. The molecule has 0 spiro atoms. The number of likely N-dealkylation sites (N-methyl/N-ethyl adjacent to an activating group) is 1. The Morgan fingerprint density at radius 3 is 2.76 bits per heavy atom. The molecule has 7 nitrogen and oxygen atoms in total. The monoisotopic (exact) mass is 345 g/mol. The van der Waals surface area contributed by atoms with Gasteiger partial charge in [-0.05, 0) is 14.0 Å². The van der Waals surface area contributed by atoms with Crippen LogP contribution >= 0.6 is 0 Å². The van der Waals surface area contributed by atoms with E-state index in [-0.39, 0.29) is 30.3 Å². The number of ketones is 2. The molecule has 0 aromatic heterocycles. The maximum Gasteiger partial charge on any atom is 0.208 e. The van der Waals surface area contributed by atoms with Gasteiger partial charge in [-0.1, -0.05) is 6.08 Å². The molecule has 0 bridgehead atoms. The molecule has 3 heterocycles. The van der Waals surface area contributed by atoms with E-state index in [0.29, 0.717) is 35.6 Å². The molecule has 4 aliphatic rings. The number of carbonyl (C=O) groups is 2. The van der Waals surface area contributed by atoms with Crippen molar-refractivity contribution in [1.82, 2.24) is 15.1 Å². The SMILES string of the molecule is C=CCNC1=C(C)C(=O)C2=C(C1=O)C(CO)C1(OC)C3C(CN21)N3C. The molecular formula is C18H23N3O4. The number of carbonyl (C=O) groups excluding carboxylic acids is 2. The number of hydrogen-bond donors (Lipinski definition) is 2. The van der Waals surface area contributed by atoms with Gasteiger partial charge in [0, 0.05) is 37.4 Å². The third-order valence-corrected chi connectivity index (χ3v) is 6.16. The molecule has 1 aliphatic carbocycles. The maximum absolute atomic E-state index is 13.2. The van der Waals surface area contributed by atoms with Gasteiger partial charge < -0.3 is 20.1 Å². The molecule has 25 heavy (non-hydrogen) atoms. The quantitative estimate of drug-likeness (QED) is 0.391. The Labute approximate surface area is 146 Å². The topological polar surface area (TPSA) is 81.9 Å². The molecule has 5 atom stereocenters. The van der Waals surface area contributed by atoms with Crippen LogP contribution in [0.15, 0.2) is 35.2 Å². The first-order valence-electron chi connectivity index (χ1n) is 8.50. The lowest BCUT2D eigenvalue weighted by Crippen LogP contribution is -2.55. The lowest BCUT2D eigenvalue weighted by atomic mass is 9.82. The Balaban J connectivity index is 1.82. The summed E-state index contributed by atoms with van der Waals surface area (Å²) in [6.07, 6.45) is 1.64. The Morgan fingerprint density at radius 2 is 2.16 bits per heavy atom. The van der Waals surface area contributed by atoms with Crippen molar-refractivity contribution in [1.29, 1.82) is 0 Å². The van der Waals surface area contributed by atoms with Crippen molar-refractivity contribution < 1.29 is 19.4 Å². The summed E-state index contributed by atoms with van der Waals surface area (Å²) in [4.78, 5) is 30.3. The van der Waals surface area contributed by atoms with Crippen molar-refractivity contribution in [3.8, 4) is 0 Å². The molecule has 4 rings (SSSR count). The molecule has 2 N–H and O–H groups in total. The molecule has 0 aromatic carbocycles. The number of ether oxygens (including phenoxy) is 1. The molecule has 7 heteroatoms. The summed E-state index contributed by atoms with van der Waals surface area (Å²) in [5.41, 5.74) is 0.648. The molecule has 3 aliphatic heterocycles. The van der Waals surface area contributed by atoms with E-state index in [2.05, 4.69) is 16.8 Å². The largest absolute Gasteiger partial charge is 0.396 e. The van der Waals surface area contributed by atoms with Gasteiger partial charge in [0.05, 0.1) is 30.0 Å². The molecule has 0 radical (unpaired) electrons. The molecule has 0 aromatic rings. The highest BCUT2D eigenvalue weighted by Gasteiger charge is 2.74. The van der Waals surface area contributed by atoms with E-state index in [4.69, 9.17) is 4.74 Å². The van der Waals surface area contributed by atoms with Gasteiger partial charge >= 0.3 is 0 Å². The maximum atomic E-state index is 13.2. The van der Waals surface area contributed by atoms with Crippen LogP contribution in [0, 0.1) is 5.92 Å². The van der Waals surface area contributed by atoms with E-state index < -0.39 is 11.6 Å². The minimum atomic E-state index is -0.849. The first-order chi connectivity index (χ1) is 11.9. The van der Waals surface area contributed by atoms with Gasteiger partial charge in [0.1, 0.15) is 0 Å². The van der Waals surface area contributed by atoms with E-state index >= 15 is 0 Å². The Hall–Kier alpha value is -1.96. The number of nitrogens with zero attached hydrogens (tertiary/aromatic N) is 2.